The fourth-order valence-corrected chi connectivity index (χ4v) is 4.14. The van der Waals surface area contributed by atoms with Crippen LogP contribution in [0.1, 0.15) is 32.7 Å². The number of benzene rings is 2. The van der Waals surface area contributed by atoms with Gasteiger partial charge in [-0.15, -0.1) is 0 Å². The van der Waals surface area contributed by atoms with Crippen LogP contribution in [0.5, 0.6) is 0 Å². The van der Waals surface area contributed by atoms with Crippen LogP contribution < -0.4 is 0 Å². The predicted molar refractivity (Wildman–Crippen MR) is 133 cm³/mol. The highest BCUT2D eigenvalue weighted by Gasteiger charge is 2.14. The minimum atomic E-state index is 0.0898. The van der Waals surface area contributed by atoms with E-state index >= 15 is 0 Å². The van der Waals surface area contributed by atoms with E-state index in [0.29, 0.717) is 17.7 Å². The summed E-state index contributed by atoms with van der Waals surface area (Å²) in [5.41, 5.74) is 5.25. The zero-order chi connectivity index (χ0) is 23.3. The molecule has 2 aromatic carbocycles. The zero-order valence-electron chi connectivity index (χ0n) is 19.3. The highest BCUT2D eigenvalue weighted by Crippen LogP contribution is 2.13. The van der Waals surface area contributed by atoms with Crippen molar-refractivity contribution in [2.75, 3.05) is 33.2 Å². The number of Topliss-reactive ketones (excluding diaryl/α,β-unsaturated/α-hetero) is 1. The third kappa shape index (κ3) is 5.23. The second kappa shape index (κ2) is 10.0. The molecule has 6 heteroatoms. The van der Waals surface area contributed by atoms with Crippen molar-refractivity contribution in [2.24, 2.45) is 0 Å². The van der Waals surface area contributed by atoms with Gasteiger partial charge in [0, 0.05) is 56.5 Å². The van der Waals surface area contributed by atoms with E-state index < -0.39 is 0 Å². The highest BCUT2D eigenvalue weighted by molar-refractivity contribution is 5.97. The van der Waals surface area contributed by atoms with Gasteiger partial charge in [0.15, 0.2) is 11.4 Å². The normalized spacial score (nSPS) is 14.6. The topological polar surface area (TPSA) is 53.7 Å². The summed E-state index contributed by atoms with van der Waals surface area (Å²) in [6, 6.07) is 19.7. The molecule has 1 aliphatic rings. The molecule has 0 bridgehead atoms. The van der Waals surface area contributed by atoms with Crippen molar-refractivity contribution in [3.63, 3.8) is 0 Å². The lowest BCUT2D eigenvalue weighted by molar-refractivity contribution is 0.0993. The number of aromatic nitrogens is 3. The van der Waals surface area contributed by atoms with Crippen molar-refractivity contribution in [1.82, 2.24) is 24.4 Å². The first-order chi connectivity index (χ1) is 16.6. The molecule has 1 aliphatic heterocycles. The first kappa shape index (κ1) is 22.0. The van der Waals surface area contributed by atoms with Crippen LogP contribution >= 0.6 is 0 Å². The molecule has 0 N–H and O–H groups in total. The lowest BCUT2D eigenvalue weighted by Gasteiger charge is -2.32. The van der Waals surface area contributed by atoms with Crippen LogP contribution in [-0.2, 0) is 13.0 Å². The first-order valence-electron chi connectivity index (χ1n) is 11.6. The minimum absolute atomic E-state index is 0.0898. The number of nitrogens with zero attached hydrogens (tertiary/aromatic N) is 5. The summed E-state index contributed by atoms with van der Waals surface area (Å²) in [5.74, 6) is 6.34. The van der Waals surface area contributed by atoms with Crippen LogP contribution in [-0.4, -0.2) is 63.4 Å². The fourth-order valence-electron chi connectivity index (χ4n) is 4.14. The van der Waals surface area contributed by atoms with Gasteiger partial charge >= 0.3 is 0 Å². The van der Waals surface area contributed by atoms with Crippen LogP contribution in [0.15, 0.2) is 73.1 Å². The smallest absolute Gasteiger partial charge is 0.167 e. The summed E-state index contributed by atoms with van der Waals surface area (Å²) in [6.45, 7) is 5.40. The van der Waals surface area contributed by atoms with Gasteiger partial charge in [0.25, 0.3) is 0 Å². The Morgan fingerprint density at radius 3 is 2.56 bits per heavy atom. The molecule has 4 aromatic rings. The number of hydrogen-bond donors (Lipinski definition) is 0. The van der Waals surface area contributed by atoms with Crippen molar-refractivity contribution in [3.8, 4) is 11.8 Å². The average molecular weight is 450 g/mol. The van der Waals surface area contributed by atoms with Gasteiger partial charge in [-0.2, -0.15) is 5.10 Å². The molecule has 0 radical (unpaired) electrons. The standard InChI is InChI=1S/C28H27N5O/c1-31-14-16-32(17-15-31)21-24-9-7-23(8-10-24)19-27(34)25-5-2-4-22(18-25)11-12-26-20-29-28-6-3-13-30-33(26)28/h2-10,13,18,20H,14-17,19,21H2,1H3. The maximum atomic E-state index is 12.9. The van der Waals surface area contributed by atoms with E-state index in [1.165, 1.54) is 5.56 Å². The third-order valence-corrected chi connectivity index (χ3v) is 6.19. The number of carbonyl (C=O) groups is 1. The Bertz CT molecular complexity index is 1350. The van der Waals surface area contributed by atoms with E-state index in [9.17, 15) is 4.79 Å². The number of piperazine rings is 1. The molecule has 1 fully saturated rings. The maximum Gasteiger partial charge on any atom is 0.167 e. The van der Waals surface area contributed by atoms with Crippen LogP contribution in [0.3, 0.4) is 0 Å². The summed E-state index contributed by atoms with van der Waals surface area (Å²) in [6.07, 6.45) is 3.79. The van der Waals surface area contributed by atoms with E-state index in [2.05, 4.69) is 63.0 Å². The van der Waals surface area contributed by atoms with E-state index in [4.69, 9.17) is 0 Å². The van der Waals surface area contributed by atoms with Gasteiger partial charge in [-0.1, -0.05) is 42.3 Å². The van der Waals surface area contributed by atoms with Crippen molar-refractivity contribution in [1.29, 1.82) is 0 Å². The van der Waals surface area contributed by atoms with Gasteiger partial charge in [-0.3, -0.25) is 9.69 Å². The molecular formula is C28H27N5O. The van der Waals surface area contributed by atoms with E-state index in [1.54, 1.807) is 16.9 Å². The second-order valence-electron chi connectivity index (χ2n) is 8.76. The van der Waals surface area contributed by atoms with E-state index in [1.807, 2.05) is 36.4 Å². The minimum Gasteiger partial charge on any atom is -0.304 e. The first-order valence-corrected chi connectivity index (χ1v) is 11.6. The Balaban J connectivity index is 1.23. The summed E-state index contributed by atoms with van der Waals surface area (Å²) in [5, 5.41) is 4.28. The van der Waals surface area contributed by atoms with Crippen LogP contribution in [0.4, 0.5) is 0 Å². The number of ketones is 1. The largest absolute Gasteiger partial charge is 0.304 e. The van der Waals surface area contributed by atoms with Gasteiger partial charge in [-0.05, 0) is 48.4 Å². The lowest BCUT2D eigenvalue weighted by Crippen LogP contribution is -2.43. The number of imidazole rings is 1. The molecule has 0 amide bonds. The Morgan fingerprint density at radius 2 is 1.74 bits per heavy atom. The highest BCUT2D eigenvalue weighted by atomic mass is 16.1. The van der Waals surface area contributed by atoms with Crippen LogP contribution in [0.25, 0.3) is 5.65 Å². The molecule has 0 aliphatic carbocycles. The van der Waals surface area contributed by atoms with Gasteiger partial charge in [-0.25, -0.2) is 9.50 Å². The zero-order valence-corrected chi connectivity index (χ0v) is 19.3. The summed E-state index contributed by atoms with van der Waals surface area (Å²) < 4.78 is 1.70. The van der Waals surface area contributed by atoms with Crippen molar-refractivity contribution in [2.45, 2.75) is 13.0 Å². The second-order valence-corrected chi connectivity index (χ2v) is 8.76. The number of hydrogen-bond acceptors (Lipinski definition) is 5. The van der Waals surface area contributed by atoms with Crippen molar-refractivity contribution in [3.05, 3.63) is 101 Å². The summed E-state index contributed by atoms with van der Waals surface area (Å²) in [4.78, 5) is 22.1. The molecule has 170 valence electrons. The number of rotatable bonds is 5. The van der Waals surface area contributed by atoms with Gasteiger partial charge in [0.1, 0.15) is 5.69 Å². The molecule has 0 spiro atoms. The molecule has 34 heavy (non-hydrogen) atoms. The summed E-state index contributed by atoms with van der Waals surface area (Å²) >= 11 is 0. The van der Waals surface area contributed by atoms with Gasteiger partial charge in [0.2, 0.25) is 0 Å². The van der Waals surface area contributed by atoms with Crippen molar-refractivity contribution >= 4 is 11.4 Å². The van der Waals surface area contributed by atoms with Gasteiger partial charge in [0.05, 0.1) is 6.20 Å². The number of likely N-dealkylation sites (N-methyl/N-ethyl adjacent to an activating group) is 1. The number of fused-ring (bicyclic) bond motifs is 1. The third-order valence-electron chi connectivity index (χ3n) is 6.19. The van der Waals surface area contributed by atoms with Crippen LogP contribution in [0.2, 0.25) is 0 Å². The van der Waals surface area contributed by atoms with E-state index in [0.717, 1.165) is 49.5 Å². The van der Waals surface area contributed by atoms with Crippen molar-refractivity contribution < 1.29 is 4.79 Å². The molecule has 2 aromatic heterocycles. The molecule has 0 atom stereocenters. The number of carbonyl (C=O) groups excluding carboxylic acids is 1. The Kier molecular flexibility index (Phi) is 6.48. The quantitative estimate of drug-likeness (QED) is 0.346. The predicted octanol–water partition coefficient (Wildman–Crippen LogP) is 3.30. The molecule has 6 nitrogen and oxygen atoms in total. The maximum absolute atomic E-state index is 12.9. The molecule has 3 heterocycles. The Labute approximate surface area is 199 Å². The molecule has 0 unspecified atom stereocenters. The molecule has 0 saturated carbocycles. The van der Waals surface area contributed by atoms with Gasteiger partial charge < -0.3 is 4.90 Å². The average Bonchev–Trinajstić information content (AvgIpc) is 3.29. The SMILES string of the molecule is CN1CCN(Cc2ccc(CC(=O)c3cccc(C#Cc4cnc5cccnn45)c3)cc2)CC1. The molecular weight excluding hydrogens is 422 g/mol. The monoisotopic (exact) mass is 449 g/mol. The van der Waals surface area contributed by atoms with Crippen LogP contribution in [0, 0.1) is 11.8 Å². The molecule has 5 rings (SSSR count). The summed E-state index contributed by atoms with van der Waals surface area (Å²) in [7, 11) is 2.17. The Hall–Kier alpha value is -3.79. The molecule has 1 saturated heterocycles. The van der Waals surface area contributed by atoms with E-state index in [-0.39, 0.29) is 5.78 Å². The lowest BCUT2D eigenvalue weighted by atomic mass is 10.0. The Morgan fingerprint density at radius 1 is 0.941 bits per heavy atom. The fraction of sp³-hybridized carbons (Fsp3) is 0.250.